The van der Waals surface area contributed by atoms with Gasteiger partial charge in [0.1, 0.15) is 5.75 Å². The molecule has 0 spiro atoms. The molecule has 0 aliphatic carbocycles. The van der Waals surface area contributed by atoms with E-state index in [-0.39, 0.29) is 17.7 Å². The number of likely N-dealkylation sites (N-methyl/N-ethyl adjacent to an activating group) is 1. The zero-order chi connectivity index (χ0) is 22.1. The zero-order valence-corrected chi connectivity index (χ0v) is 18.5. The summed E-state index contributed by atoms with van der Waals surface area (Å²) in [5, 5.41) is 3.02. The minimum atomic E-state index is -0.179. The molecule has 1 saturated heterocycles. The fraction of sp³-hybridized carbons (Fsp3) is 0.440. The number of ether oxygens (including phenoxy) is 1. The first-order valence-electron chi connectivity index (χ1n) is 11.0. The molecule has 1 heterocycles. The number of anilines is 1. The summed E-state index contributed by atoms with van der Waals surface area (Å²) < 4.78 is 5.63. The third kappa shape index (κ3) is 7.40. The van der Waals surface area contributed by atoms with Gasteiger partial charge in [-0.15, -0.1) is 0 Å². The van der Waals surface area contributed by atoms with Crippen LogP contribution in [0, 0.1) is 5.92 Å². The van der Waals surface area contributed by atoms with Crippen LogP contribution in [0.1, 0.15) is 24.8 Å². The van der Waals surface area contributed by atoms with Gasteiger partial charge in [0.15, 0.2) is 0 Å². The van der Waals surface area contributed by atoms with Crippen LogP contribution in [0.4, 0.5) is 5.69 Å². The van der Waals surface area contributed by atoms with Gasteiger partial charge >= 0.3 is 0 Å². The number of hydrogen-bond donors (Lipinski definition) is 1. The van der Waals surface area contributed by atoms with Gasteiger partial charge in [-0.05, 0) is 63.2 Å². The van der Waals surface area contributed by atoms with Crippen LogP contribution in [0.2, 0.25) is 0 Å². The zero-order valence-electron chi connectivity index (χ0n) is 18.5. The minimum Gasteiger partial charge on any atom is -0.493 e. The number of hydrogen-bond acceptors (Lipinski definition) is 4. The summed E-state index contributed by atoms with van der Waals surface area (Å²) in [7, 11) is 4.12. The molecule has 0 radical (unpaired) electrons. The van der Waals surface area contributed by atoms with Crippen LogP contribution >= 0.6 is 0 Å². The standard InChI is InChI=1S/C25H33N3O3/c1-27(2)17-14-20-10-12-22(13-11-20)26-25(30)21-7-6-16-28(19-21)24(29)15-18-31-23-8-4-3-5-9-23/h3-5,8-13,21H,6-7,14-19H2,1-2H3,(H,26,30). The van der Waals surface area contributed by atoms with Crippen molar-refractivity contribution in [2.24, 2.45) is 5.92 Å². The second-order valence-corrected chi connectivity index (χ2v) is 8.33. The monoisotopic (exact) mass is 423 g/mol. The van der Waals surface area contributed by atoms with E-state index in [1.54, 1.807) is 4.90 Å². The van der Waals surface area contributed by atoms with Crippen molar-refractivity contribution < 1.29 is 14.3 Å². The lowest BCUT2D eigenvalue weighted by Crippen LogP contribution is -2.44. The molecular formula is C25H33N3O3. The molecule has 166 valence electrons. The molecule has 1 aliphatic heterocycles. The van der Waals surface area contributed by atoms with Gasteiger partial charge in [-0.1, -0.05) is 30.3 Å². The predicted octanol–water partition coefficient (Wildman–Crippen LogP) is 3.44. The Morgan fingerprint density at radius 1 is 1.10 bits per heavy atom. The highest BCUT2D eigenvalue weighted by Gasteiger charge is 2.28. The Morgan fingerprint density at radius 3 is 2.55 bits per heavy atom. The van der Waals surface area contributed by atoms with Crippen LogP contribution in [-0.4, -0.2) is 62.0 Å². The van der Waals surface area contributed by atoms with E-state index in [1.165, 1.54) is 5.56 Å². The summed E-state index contributed by atoms with van der Waals surface area (Å²) in [6, 6.07) is 17.5. The molecular weight excluding hydrogens is 390 g/mol. The van der Waals surface area contributed by atoms with E-state index in [4.69, 9.17) is 4.74 Å². The Bertz CT molecular complexity index is 837. The van der Waals surface area contributed by atoms with E-state index < -0.39 is 0 Å². The van der Waals surface area contributed by atoms with E-state index in [0.717, 1.165) is 37.2 Å². The van der Waals surface area contributed by atoms with E-state index in [0.29, 0.717) is 26.1 Å². The van der Waals surface area contributed by atoms with Gasteiger partial charge in [-0.2, -0.15) is 0 Å². The smallest absolute Gasteiger partial charge is 0.229 e. The summed E-state index contributed by atoms with van der Waals surface area (Å²) in [5.41, 5.74) is 2.05. The lowest BCUT2D eigenvalue weighted by atomic mass is 9.96. The van der Waals surface area contributed by atoms with Crippen molar-refractivity contribution in [3.05, 3.63) is 60.2 Å². The number of piperidine rings is 1. The topological polar surface area (TPSA) is 61.9 Å². The average molecular weight is 424 g/mol. The van der Waals surface area contributed by atoms with Gasteiger partial charge in [0.25, 0.3) is 0 Å². The molecule has 0 saturated carbocycles. The van der Waals surface area contributed by atoms with Crippen molar-refractivity contribution in [3.63, 3.8) is 0 Å². The van der Waals surface area contributed by atoms with Crippen molar-refractivity contribution in [1.82, 2.24) is 9.80 Å². The van der Waals surface area contributed by atoms with E-state index in [9.17, 15) is 9.59 Å². The molecule has 2 aromatic carbocycles. The number of nitrogens with zero attached hydrogens (tertiary/aromatic N) is 2. The number of para-hydroxylation sites is 1. The second kappa shape index (κ2) is 11.5. The molecule has 1 aliphatic rings. The van der Waals surface area contributed by atoms with Crippen LogP contribution in [-0.2, 0) is 16.0 Å². The second-order valence-electron chi connectivity index (χ2n) is 8.33. The van der Waals surface area contributed by atoms with Crippen LogP contribution in [0.5, 0.6) is 5.75 Å². The van der Waals surface area contributed by atoms with Gasteiger partial charge in [0.05, 0.1) is 18.9 Å². The number of amides is 2. The maximum Gasteiger partial charge on any atom is 0.229 e. The Kier molecular flexibility index (Phi) is 8.47. The maximum atomic E-state index is 12.8. The summed E-state index contributed by atoms with van der Waals surface area (Å²) in [6.45, 7) is 2.51. The van der Waals surface area contributed by atoms with Gasteiger partial charge in [0, 0.05) is 25.3 Å². The quantitative estimate of drug-likeness (QED) is 0.671. The number of carbonyl (C=O) groups is 2. The van der Waals surface area contributed by atoms with E-state index in [2.05, 4.69) is 36.4 Å². The molecule has 1 fully saturated rings. The summed E-state index contributed by atoms with van der Waals surface area (Å²) in [5.74, 6) is 0.609. The molecule has 0 bridgehead atoms. The molecule has 1 N–H and O–H groups in total. The van der Waals surface area contributed by atoms with Crippen molar-refractivity contribution >= 4 is 17.5 Å². The highest BCUT2D eigenvalue weighted by Crippen LogP contribution is 2.20. The molecule has 2 amide bonds. The third-order valence-corrected chi connectivity index (χ3v) is 5.54. The fourth-order valence-electron chi connectivity index (χ4n) is 3.70. The molecule has 1 atom stereocenters. The largest absolute Gasteiger partial charge is 0.493 e. The highest BCUT2D eigenvalue weighted by molar-refractivity contribution is 5.93. The van der Waals surface area contributed by atoms with Crippen LogP contribution in [0.15, 0.2) is 54.6 Å². The van der Waals surface area contributed by atoms with Gasteiger partial charge in [-0.25, -0.2) is 0 Å². The number of likely N-dealkylation sites (tertiary alicyclic amines) is 1. The minimum absolute atomic E-state index is 0.0147. The van der Waals surface area contributed by atoms with Crippen molar-refractivity contribution in [3.8, 4) is 5.75 Å². The molecule has 2 aromatic rings. The first-order chi connectivity index (χ1) is 15.0. The lowest BCUT2D eigenvalue weighted by molar-refractivity contribution is -0.135. The summed E-state index contributed by atoms with van der Waals surface area (Å²) in [4.78, 5) is 29.3. The van der Waals surface area contributed by atoms with Crippen LogP contribution in [0.25, 0.3) is 0 Å². The fourth-order valence-corrected chi connectivity index (χ4v) is 3.70. The number of nitrogens with one attached hydrogen (secondary N) is 1. The normalized spacial score (nSPS) is 16.2. The number of benzene rings is 2. The van der Waals surface area contributed by atoms with Gasteiger partial charge in [-0.3, -0.25) is 9.59 Å². The molecule has 1 unspecified atom stereocenters. The van der Waals surface area contributed by atoms with Crippen molar-refractivity contribution in [2.45, 2.75) is 25.7 Å². The lowest BCUT2D eigenvalue weighted by Gasteiger charge is -2.32. The summed E-state index contributed by atoms with van der Waals surface area (Å²) in [6.07, 6.45) is 2.94. The van der Waals surface area contributed by atoms with Crippen molar-refractivity contribution in [2.75, 3.05) is 45.7 Å². The average Bonchev–Trinajstić information content (AvgIpc) is 2.79. The predicted molar refractivity (Wildman–Crippen MR) is 123 cm³/mol. The van der Waals surface area contributed by atoms with Crippen molar-refractivity contribution in [1.29, 1.82) is 0 Å². The van der Waals surface area contributed by atoms with E-state index >= 15 is 0 Å². The molecule has 6 heteroatoms. The molecule has 6 nitrogen and oxygen atoms in total. The first kappa shape index (κ1) is 22.8. The number of carbonyl (C=O) groups excluding carboxylic acids is 2. The van der Waals surface area contributed by atoms with Gasteiger partial charge in [0.2, 0.25) is 11.8 Å². The molecule has 0 aromatic heterocycles. The van der Waals surface area contributed by atoms with Gasteiger partial charge < -0.3 is 19.9 Å². The van der Waals surface area contributed by atoms with Crippen LogP contribution < -0.4 is 10.1 Å². The molecule has 31 heavy (non-hydrogen) atoms. The number of rotatable bonds is 9. The Balaban J connectivity index is 1.44. The molecule has 3 rings (SSSR count). The SMILES string of the molecule is CN(C)CCc1ccc(NC(=O)C2CCCN(C(=O)CCOc3ccccc3)C2)cc1. The van der Waals surface area contributed by atoms with Crippen LogP contribution in [0.3, 0.4) is 0 Å². The highest BCUT2D eigenvalue weighted by atomic mass is 16.5. The maximum absolute atomic E-state index is 12.8. The third-order valence-electron chi connectivity index (χ3n) is 5.54. The Labute approximate surface area is 185 Å². The summed E-state index contributed by atoms with van der Waals surface area (Å²) >= 11 is 0. The van der Waals surface area contributed by atoms with E-state index in [1.807, 2.05) is 42.5 Å². The Hall–Kier alpha value is -2.86. The first-order valence-corrected chi connectivity index (χ1v) is 11.0. The Morgan fingerprint density at radius 2 is 1.84 bits per heavy atom.